The summed E-state index contributed by atoms with van der Waals surface area (Å²) in [6.07, 6.45) is 1.35. The van der Waals surface area contributed by atoms with Gasteiger partial charge in [-0.25, -0.2) is 4.98 Å². The first-order valence-corrected chi connectivity index (χ1v) is 5.92. The van der Waals surface area contributed by atoms with Crippen LogP contribution in [0.1, 0.15) is 24.2 Å². The molecule has 1 amide bonds. The van der Waals surface area contributed by atoms with E-state index < -0.39 is 11.9 Å². The van der Waals surface area contributed by atoms with Gasteiger partial charge in [-0.3, -0.25) is 9.59 Å². The second-order valence-electron chi connectivity index (χ2n) is 4.27. The summed E-state index contributed by atoms with van der Waals surface area (Å²) in [6.45, 7) is 3.69. The number of rotatable bonds is 5. The third kappa shape index (κ3) is 4.00. The molecule has 0 aliphatic rings. The molecule has 0 radical (unpaired) electrons. The molecule has 0 aliphatic heterocycles. The number of carbonyl (C=O) groups is 2. The third-order valence-electron chi connectivity index (χ3n) is 2.59. The molecular formula is C12H15ClN2O3. The van der Waals surface area contributed by atoms with Crippen molar-refractivity contribution in [2.24, 2.45) is 11.8 Å². The number of nitrogens with one attached hydrogen (secondary N) is 1. The van der Waals surface area contributed by atoms with E-state index in [0.717, 1.165) is 0 Å². The van der Waals surface area contributed by atoms with Crippen LogP contribution in [0.15, 0.2) is 18.3 Å². The highest BCUT2D eigenvalue weighted by atomic mass is 35.5. The summed E-state index contributed by atoms with van der Waals surface area (Å²) >= 11 is 5.61. The number of carboxylic acids is 1. The molecule has 0 aromatic carbocycles. The monoisotopic (exact) mass is 270 g/mol. The number of halogens is 1. The highest BCUT2D eigenvalue weighted by molar-refractivity contribution is 6.29. The largest absolute Gasteiger partial charge is 0.481 e. The molecule has 1 atom stereocenters. The minimum Gasteiger partial charge on any atom is -0.481 e. The van der Waals surface area contributed by atoms with Gasteiger partial charge in [0.2, 0.25) is 0 Å². The molecule has 98 valence electrons. The lowest BCUT2D eigenvalue weighted by Gasteiger charge is -2.16. The van der Waals surface area contributed by atoms with E-state index in [2.05, 4.69) is 10.3 Å². The fourth-order valence-corrected chi connectivity index (χ4v) is 1.53. The minimum atomic E-state index is -0.917. The normalized spacial score (nSPS) is 12.2. The van der Waals surface area contributed by atoms with E-state index in [1.54, 1.807) is 13.8 Å². The number of carboxylic acid groups (broad SMARTS) is 1. The minimum absolute atomic E-state index is 0.0499. The van der Waals surface area contributed by atoms with Gasteiger partial charge in [-0.2, -0.15) is 0 Å². The maximum atomic E-state index is 11.7. The molecule has 5 nitrogen and oxygen atoms in total. The van der Waals surface area contributed by atoms with Crippen LogP contribution in [0.2, 0.25) is 5.15 Å². The van der Waals surface area contributed by atoms with Gasteiger partial charge in [0.25, 0.3) is 5.91 Å². The number of carbonyl (C=O) groups excluding carboxylic acids is 1. The molecular weight excluding hydrogens is 256 g/mol. The zero-order valence-corrected chi connectivity index (χ0v) is 10.9. The number of amides is 1. The van der Waals surface area contributed by atoms with Gasteiger partial charge >= 0.3 is 5.97 Å². The standard InChI is InChI=1S/C12H15ClN2O3/c1-7(2)9(12(17)18)6-15-11(16)8-3-4-10(13)14-5-8/h3-5,7,9H,6H2,1-2H3,(H,15,16)(H,17,18). The number of aromatic nitrogens is 1. The van der Waals surface area contributed by atoms with Gasteiger partial charge in [0, 0.05) is 12.7 Å². The zero-order valence-electron chi connectivity index (χ0n) is 10.2. The quantitative estimate of drug-likeness (QED) is 0.800. The van der Waals surface area contributed by atoms with Crippen LogP contribution in [0, 0.1) is 11.8 Å². The van der Waals surface area contributed by atoms with Crippen LogP contribution in [-0.4, -0.2) is 28.5 Å². The average Bonchev–Trinajstić information content (AvgIpc) is 2.28. The van der Waals surface area contributed by atoms with E-state index in [1.807, 2.05) is 0 Å². The van der Waals surface area contributed by atoms with Crippen molar-refractivity contribution in [3.63, 3.8) is 0 Å². The molecule has 1 aromatic rings. The SMILES string of the molecule is CC(C)C(CNC(=O)c1ccc(Cl)nc1)C(=O)O. The van der Waals surface area contributed by atoms with Crippen LogP contribution in [0.5, 0.6) is 0 Å². The summed E-state index contributed by atoms with van der Waals surface area (Å²) < 4.78 is 0. The molecule has 0 aliphatic carbocycles. The molecule has 1 aromatic heterocycles. The van der Waals surface area contributed by atoms with E-state index in [1.165, 1.54) is 18.3 Å². The first kappa shape index (κ1) is 14.4. The zero-order chi connectivity index (χ0) is 13.7. The van der Waals surface area contributed by atoms with Crippen LogP contribution in [0.25, 0.3) is 0 Å². The summed E-state index contributed by atoms with van der Waals surface area (Å²) in [6, 6.07) is 3.05. The molecule has 1 heterocycles. The topological polar surface area (TPSA) is 79.3 Å². The van der Waals surface area contributed by atoms with Gasteiger partial charge in [-0.05, 0) is 18.1 Å². The van der Waals surface area contributed by atoms with Crippen LogP contribution < -0.4 is 5.32 Å². The van der Waals surface area contributed by atoms with Gasteiger partial charge in [0.15, 0.2) is 0 Å². The Morgan fingerprint density at radius 2 is 2.11 bits per heavy atom. The molecule has 18 heavy (non-hydrogen) atoms. The molecule has 1 unspecified atom stereocenters. The van der Waals surface area contributed by atoms with Crippen LogP contribution in [0.4, 0.5) is 0 Å². The molecule has 0 saturated heterocycles. The second-order valence-corrected chi connectivity index (χ2v) is 4.66. The van der Waals surface area contributed by atoms with Gasteiger partial charge in [-0.1, -0.05) is 25.4 Å². The predicted octanol–water partition coefficient (Wildman–Crippen LogP) is 1.82. The maximum absolute atomic E-state index is 11.7. The lowest BCUT2D eigenvalue weighted by Crippen LogP contribution is -2.35. The Balaban J connectivity index is 2.60. The highest BCUT2D eigenvalue weighted by Crippen LogP contribution is 2.10. The molecule has 0 saturated carbocycles. The van der Waals surface area contributed by atoms with Gasteiger partial charge in [0.1, 0.15) is 5.15 Å². The second kappa shape index (κ2) is 6.35. The van der Waals surface area contributed by atoms with Crippen molar-refractivity contribution >= 4 is 23.5 Å². The fourth-order valence-electron chi connectivity index (χ4n) is 1.42. The lowest BCUT2D eigenvalue weighted by molar-refractivity contribution is -0.142. The van der Waals surface area contributed by atoms with Crippen molar-refractivity contribution in [2.45, 2.75) is 13.8 Å². The van der Waals surface area contributed by atoms with Crippen molar-refractivity contribution in [1.82, 2.24) is 10.3 Å². The first-order chi connectivity index (χ1) is 8.41. The number of nitrogens with zero attached hydrogens (tertiary/aromatic N) is 1. The van der Waals surface area contributed by atoms with Crippen molar-refractivity contribution < 1.29 is 14.7 Å². The van der Waals surface area contributed by atoms with Crippen molar-refractivity contribution in [2.75, 3.05) is 6.54 Å². The number of hydrogen-bond donors (Lipinski definition) is 2. The number of aliphatic carboxylic acids is 1. The summed E-state index contributed by atoms with van der Waals surface area (Å²) in [5.41, 5.74) is 0.354. The van der Waals surface area contributed by atoms with Gasteiger partial charge in [-0.15, -0.1) is 0 Å². The van der Waals surface area contributed by atoms with Crippen LogP contribution in [0.3, 0.4) is 0 Å². The highest BCUT2D eigenvalue weighted by Gasteiger charge is 2.22. The smallest absolute Gasteiger partial charge is 0.308 e. The lowest BCUT2D eigenvalue weighted by atomic mass is 9.96. The Morgan fingerprint density at radius 1 is 1.44 bits per heavy atom. The average molecular weight is 271 g/mol. The van der Waals surface area contributed by atoms with Gasteiger partial charge in [0.05, 0.1) is 11.5 Å². The van der Waals surface area contributed by atoms with Crippen molar-refractivity contribution in [3.8, 4) is 0 Å². The summed E-state index contributed by atoms with van der Waals surface area (Å²) in [5.74, 6) is -1.93. The molecule has 0 bridgehead atoms. The predicted molar refractivity (Wildman–Crippen MR) is 67.5 cm³/mol. The Hall–Kier alpha value is -1.62. The van der Waals surface area contributed by atoms with E-state index >= 15 is 0 Å². The Kier molecular flexibility index (Phi) is 5.09. The van der Waals surface area contributed by atoms with E-state index in [-0.39, 0.29) is 18.4 Å². The molecule has 0 fully saturated rings. The fraction of sp³-hybridized carbons (Fsp3) is 0.417. The number of hydrogen-bond acceptors (Lipinski definition) is 3. The Labute approximate surface area is 110 Å². The van der Waals surface area contributed by atoms with Crippen molar-refractivity contribution in [3.05, 3.63) is 29.0 Å². The summed E-state index contributed by atoms with van der Waals surface area (Å²) in [7, 11) is 0. The Bertz CT molecular complexity index is 431. The van der Waals surface area contributed by atoms with E-state index in [0.29, 0.717) is 10.7 Å². The first-order valence-electron chi connectivity index (χ1n) is 5.54. The van der Waals surface area contributed by atoms with Crippen LogP contribution >= 0.6 is 11.6 Å². The third-order valence-corrected chi connectivity index (χ3v) is 2.82. The molecule has 2 N–H and O–H groups in total. The number of pyridine rings is 1. The summed E-state index contributed by atoms with van der Waals surface area (Å²) in [4.78, 5) is 26.5. The van der Waals surface area contributed by atoms with E-state index in [9.17, 15) is 9.59 Å². The molecule has 1 rings (SSSR count). The molecule has 6 heteroatoms. The Morgan fingerprint density at radius 3 is 2.56 bits per heavy atom. The summed E-state index contributed by atoms with van der Waals surface area (Å²) in [5, 5.41) is 11.9. The van der Waals surface area contributed by atoms with Crippen LogP contribution in [-0.2, 0) is 4.79 Å². The van der Waals surface area contributed by atoms with Gasteiger partial charge < -0.3 is 10.4 Å². The van der Waals surface area contributed by atoms with Crippen molar-refractivity contribution in [1.29, 1.82) is 0 Å². The van der Waals surface area contributed by atoms with E-state index in [4.69, 9.17) is 16.7 Å². The molecule has 0 spiro atoms. The maximum Gasteiger partial charge on any atom is 0.308 e.